The molecular weight excluding hydrogens is 350 g/mol. The number of nitrogens with one attached hydrogen (secondary N) is 1. The van der Waals surface area contributed by atoms with Gasteiger partial charge in [0.25, 0.3) is 11.5 Å². The molecule has 2 aromatic carbocycles. The molecule has 1 amide bonds. The van der Waals surface area contributed by atoms with Crippen molar-refractivity contribution in [3.8, 4) is 5.69 Å². The van der Waals surface area contributed by atoms with E-state index in [1.54, 1.807) is 24.4 Å². The van der Waals surface area contributed by atoms with E-state index in [4.69, 9.17) is 11.6 Å². The van der Waals surface area contributed by atoms with E-state index in [2.05, 4.69) is 24.1 Å². The second-order valence-electron chi connectivity index (χ2n) is 6.16. The Labute approximate surface area is 156 Å². The standard InChI is InChI=1S/C20H18ClN3O2/c1-13(2)14-6-8-17(9-7-14)24-11-10-22-18(20(24)26)23-19(25)15-4-3-5-16(21)12-15/h3-13H,1-2H3,(H,22,23,25). The summed E-state index contributed by atoms with van der Waals surface area (Å²) in [7, 11) is 0. The number of benzene rings is 2. The minimum absolute atomic E-state index is 0.0367. The summed E-state index contributed by atoms with van der Waals surface area (Å²) in [6.45, 7) is 4.22. The van der Waals surface area contributed by atoms with Crippen molar-refractivity contribution in [3.05, 3.63) is 87.4 Å². The largest absolute Gasteiger partial charge is 0.302 e. The molecule has 1 aromatic heterocycles. The van der Waals surface area contributed by atoms with Crippen molar-refractivity contribution in [2.75, 3.05) is 5.32 Å². The van der Waals surface area contributed by atoms with E-state index in [9.17, 15) is 9.59 Å². The summed E-state index contributed by atoms with van der Waals surface area (Å²) in [5.41, 5.74) is 1.85. The van der Waals surface area contributed by atoms with Crippen LogP contribution in [0.15, 0.2) is 65.7 Å². The van der Waals surface area contributed by atoms with Crippen LogP contribution in [0.4, 0.5) is 5.82 Å². The molecule has 0 saturated heterocycles. The predicted octanol–water partition coefficient (Wildman–Crippen LogP) is 4.26. The maximum atomic E-state index is 12.7. The summed E-state index contributed by atoms with van der Waals surface area (Å²) in [6.07, 6.45) is 3.05. The number of carbonyl (C=O) groups is 1. The first-order chi connectivity index (χ1) is 12.5. The Hall–Kier alpha value is -2.92. The maximum Gasteiger partial charge on any atom is 0.298 e. The van der Waals surface area contributed by atoms with Crippen LogP contribution in [0.3, 0.4) is 0 Å². The van der Waals surface area contributed by atoms with Gasteiger partial charge in [0.1, 0.15) is 0 Å². The lowest BCUT2D eigenvalue weighted by Gasteiger charge is -2.10. The van der Waals surface area contributed by atoms with Crippen LogP contribution in [0, 0.1) is 0 Å². The molecule has 0 atom stereocenters. The summed E-state index contributed by atoms with van der Waals surface area (Å²) in [5, 5.41) is 3.00. The normalized spacial score (nSPS) is 10.8. The molecule has 0 aliphatic rings. The van der Waals surface area contributed by atoms with Gasteiger partial charge >= 0.3 is 0 Å². The lowest BCUT2D eigenvalue weighted by atomic mass is 10.0. The van der Waals surface area contributed by atoms with Gasteiger partial charge in [0.2, 0.25) is 0 Å². The average Bonchev–Trinajstić information content (AvgIpc) is 2.63. The van der Waals surface area contributed by atoms with Crippen molar-refractivity contribution in [1.29, 1.82) is 0 Å². The Morgan fingerprint density at radius 2 is 1.88 bits per heavy atom. The van der Waals surface area contributed by atoms with E-state index >= 15 is 0 Å². The topological polar surface area (TPSA) is 64.0 Å². The highest BCUT2D eigenvalue weighted by molar-refractivity contribution is 6.31. The molecule has 0 bridgehead atoms. The van der Waals surface area contributed by atoms with Crippen molar-refractivity contribution >= 4 is 23.3 Å². The molecule has 132 valence electrons. The van der Waals surface area contributed by atoms with Gasteiger partial charge in [-0.15, -0.1) is 0 Å². The lowest BCUT2D eigenvalue weighted by Crippen LogP contribution is -2.26. The van der Waals surface area contributed by atoms with Gasteiger partial charge in [-0.3, -0.25) is 14.2 Å². The molecule has 0 saturated carbocycles. The summed E-state index contributed by atoms with van der Waals surface area (Å²) >= 11 is 5.90. The highest BCUT2D eigenvalue weighted by Gasteiger charge is 2.12. The molecule has 1 N–H and O–H groups in total. The smallest absolute Gasteiger partial charge is 0.298 e. The molecule has 0 aliphatic heterocycles. The van der Waals surface area contributed by atoms with E-state index in [-0.39, 0.29) is 5.82 Å². The molecule has 3 rings (SSSR count). The molecule has 3 aromatic rings. The second kappa shape index (κ2) is 7.54. The zero-order valence-corrected chi connectivity index (χ0v) is 15.2. The van der Waals surface area contributed by atoms with Crippen LogP contribution in [-0.2, 0) is 0 Å². The van der Waals surface area contributed by atoms with Gasteiger partial charge < -0.3 is 5.32 Å². The van der Waals surface area contributed by atoms with Crippen LogP contribution in [0.2, 0.25) is 5.02 Å². The minimum Gasteiger partial charge on any atom is -0.302 e. The van der Waals surface area contributed by atoms with E-state index < -0.39 is 11.5 Å². The molecular formula is C20H18ClN3O2. The van der Waals surface area contributed by atoms with Crippen molar-refractivity contribution in [2.24, 2.45) is 0 Å². The first kappa shape index (κ1) is 17.9. The van der Waals surface area contributed by atoms with Gasteiger partial charge in [-0.1, -0.05) is 43.6 Å². The van der Waals surface area contributed by atoms with Crippen LogP contribution in [0.5, 0.6) is 0 Å². The third-order valence-corrected chi connectivity index (χ3v) is 4.23. The minimum atomic E-state index is -0.440. The first-order valence-corrected chi connectivity index (χ1v) is 8.58. The fourth-order valence-corrected chi connectivity index (χ4v) is 2.72. The number of anilines is 1. The molecule has 0 radical (unpaired) electrons. The number of carbonyl (C=O) groups excluding carboxylic acids is 1. The third-order valence-electron chi connectivity index (χ3n) is 4.00. The Bertz CT molecular complexity index is 994. The number of aromatic nitrogens is 2. The number of nitrogens with zero attached hydrogens (tertiary/aromatic N) is 2. The number of halogens is 1. The van der Waals surface area contributed by atoms with Gasteiger partial charge in [-0.25, -0.2) is 4.98 Å². The van der Waals surface area contributed by atoms with E-state index in [0.717, 1.165) is 0 Å². The highest BCUT2D eigenvalue weighted by atomic mass is 35.5. The molecule has 6 heteroatoms. The molecule has 0 unspecified atom stereocenters. The van der Waals surface area contributed by atoms with Crippen LogP contribution in [0.25, 0.3) is 5.69 Å². The number of hydrogen-bond acceptors (Lipinski definition) is 3. The van der Waals surface area contributed by atoms with Gasteiger partial charge in [0.05, 0.1) is 0 Å². The Balaban J connectivity index is 1.90. The van der Waals surface area contributed by atoms with Crippen LogP contribution in [0.1, 0.15) is 35.7 Å². The van der Waals surface area contributed by atoms with Crippen molar-refractivity contribution in [1.82, 2.24) is 9.55 Å². The summed E-state index contributed by atoms with van der Waals surface area (Å²) in [4.78, 5) is 29.0. The molecule has 0 fully saturated rings. The van der Waals surface area contributed by atoms with Gasteiger partial charge in [0, 0.05) is 28.7 Å². The zero-order chi connectivity index (χ0) is 18.7. The Morgan fingerprint density at radius 1 is 1.15 bits per heavy atom. The van der Waals surface area contributed by atoms with E-state index in [1.807, 2.05) is 24.3 Å². The fourth-order valence-electron chi connectivity index (χ4n) is 2.53. The first-order valence-electron chi connectivity index (χ1n) is 8.20. The third kappa shape index (κ3) is 3.83. The van der Waals surface area contributed by atoms with Crippen LogP contribution in [-0.4, -0.2) is 15.5 Å². The SMILES string of the molecule is CC(C)c1ccc(-n2ccnc(NC(=O)c3cccc(Cl)c3)c2=O)cc1. The molecule has 26 heavy (non-hydrogen) atoms. The molecule has 0 spiro atoms. The highest BCUT2D eigenvalue weighted by Crippen LogP contribution is 2.16. The van der Waals surface area contributed by atoms with Crippen LogP contribution >= 0.6 is 11.6 Å². The molecule has 0 aliphatic carbocycles. The Morgan fingerprint density at radius 3 is 2.54 bits per heavy atom. The van der Waals surface area contributed by atoms with Gasteiger partial charge in [-0.2, -0.15) is 0 Å². The molecule has 5 nitrogen and oxygen atoms in total. The van der Waals surface area contributed by atoms with Crippen molar-refractivity contribution < 1.29 is 4.79 Å². The van der Waals surface area contributed by atoms with Gasteiger partial charge in [0.15, 0.2) is 5.82 Å². The average molecular weight is 368 g/mol. The summed E-state index contributed by atoms with van der Waals surface area (Å²) < 4.78 is 1.45. The second-order valence-corrected chi connectivity index (χ2v) is 6.60. The zero-order valence-electron chi connectivity index (χ0n) is 14.4. The summed E-state index contributed by atoms with van der Waals surface area (Å²) in [5.74, 6) is -0.0684. The van der Waals surface area contributed by atoms with Crippen molar-refractivity contribution in [2.45, 2.75) is 19.8 Å². The van der Waals surface area contributed by atoms with Gasteiger partial charge in [-0.05, 0) is 41.8 Å². The predicted molar refractivity (Wildman–Crippen MR) is 103 cm³/mol. The number of amides is 1. The van der Waals surface area contributed by atoms with E-state index in [0.29, 0.717) is 22.2 Å². The maximum absolute atomic E-state index is 12.7. The molecule has 1 heterocycles. The van der Waals surface area contributed by atoms with Crippen LogP contribution < -0.4 is 10.9 Å². The van der Waals surface area contributed by atoms with E-state index in [1.165, 1.54) is 22.4 Å². The quantitative estimate of drug-likeness (QED) is 0.749. The monoisotopic (exact) mass is 367 g/mol. The lowest BCUT2D eigenvalue weighted by molar-refractivity contribution is 0.102. The Kier molecular flexibility index (Phi) is 5.19. The summed E-state index contributed by atoms with van der Waals surface area (Å²) in [6, 6.07) is 14.2. The number of rotatable bonds is 4. The van der Waals surface area contributed by atoms with Crippen molar-refractivity contribution in [3.63, 3.8) is 0 Å². The fraction of sp³-hybridized carbons (Fsp3) is 0.150. The number of hydrogen-bond donors (Lipinski definition) is 1.